The Morgan fingerprint density at radius 1 is 1.08 bits per heavy atom. The lowest BCUT2D eigenvalue weighted by atomic mass is 10.2. The van der Waals surface area contributed by atoms with Crippen LogP contribution in [0.4, 0.5) is 0 Å². The van der Waals surface area contributed by atoms with E-state index in [1.165, 1.54) is 5.57 Å². The third kappa shape index (κ3) is 9.49. The summed E-state index contributed by atoms with van der Waals surface area (Å²) in [7, 11) is -5.07. The summed E-state index contributed by atoms with van der Waals surface area (Å²) in [5.74, 6) is 0. The molecule has 0 aromatic carbocycles. The van der Waals surface area contributed by atoms with Gasteiger partial charge in [0.2, 0.25) is 0 Å². The number of allylic oxidation sites excluding steroid dienone is 1. The van der Waals surface area contributed by atoms with Crippen molar-refractivity contribution >= 4 is 16.1 Å². The molecule has 0 amide bonds. The van der Waals surface area contributed by atoms with E-state index in [-0.39, 0.29) is 11.6 Å². The summed E-state index contributed by atoms with van der Waals surface area (Å²) in [5.41, 5.74) is 1.19. The minimum absolute atomic E-state index is 0.228. The molecular formula is C17H37O5PSi. The zero-order valence-electron chi connectivity index (χ0n) is 16.8. The van der Waals surface area contributed by atoms with Crippen LogP contribution in [0.2, 0.25) is 18.1 Å². The van der Waals surface area contributed by atoms with Crippen molar-refractivity contribution in [1.29, 1.82) is 0 Å². The molecular weight excluding hydrogens is 343 g/mol. The van der Waals surface area contributed by atoms with Crippen LogP contribution in [0.3, 0.4) is 0 Å². The second-order valence-corrected chi connectivity index (χ2v) is 13.8. The van der Waals surface area contributed by atoms with Crippen molar-refractivity contribution < 1.29 is 22.6 Å². The van der Waals surface area contributed by atoms with Crippen molar-refractivity contribution in [3.05, 3.63) is 11.6 Å². The molecule has 0 saturated heterocycles. The highest BCUT2D eigenvalue weighted by Crippen LogP contribution is 2.49. The summed E-state index contributed by atoms with van der Waals surface area (Å²) in [6.07, 6.45) is 3.84. The maximum atomic E-state index is 12.1. The number of phosphoric acid groups is 1. The Kier molecular flexibility index (Phi) is 10.9. The number of hydrogen-bond donors (Lipinski definition) is 0. The standard InChI is InChI=1S/C17H37O5PSi/c1-9-19-23(18,20-10-2)21-15-13-16(3)12-11-14-22-24(7,8)17(4,5)6/h13H,9-12,14-15H2,1-8H3/b16-13+. The molecule has 0 bridgehead atoms. The van der Waals surface area contributed by atoms with Gasteiger partial charge in [-0.1, -0.05) is 32.4 Å². The summed E-state index contributed by atoms with van der Waals surface area (Å²) in [5, 5.41) is 0.242. The Bertz CT molecular complexity index is 419. The Morgan fingerprint density at radius 2 is 1.62 bits per heavy atom. The van der Waals surface area contributed by atoms with Crippen molar-refractivity contribution in [1.82, 2.24) is 0 Å². The fourth-order valence-corrected chi connectivity index (χ4v) is 3.90. The highest BCUT2D eigenvalue weighted by Gasteiger charge is 2.36. The van der Waals surface area contributed by atoms with Crippen LogP contribution in [0.15, 0.2) is 11.6 Å². The predicted molar refractivity (Wildman–Crippen MR) is 103 cm³/mol. The molecule has 0 atom stereocenters. The fourth-order valence-electron chi connectivity index (χ4n) is 1.70. The van der Waals surface area contributed by atoms with Gasteiger partial charge >= 0.3 is 7.82 Å². The molecule has 0 heterocycles. The molecule has 0 aliphatic rings. The Morgan fingerprint density at radius 3 is 2.08 bits per heavy atom. The molecule has 0 aliphatic carbocycles. The van der Waals surface area contributed by atoms with Crippen LogP contribution in [0.25, 0.3) is 0 Å². The summed E-state index contributed by atoms with van der Waals surface area (Å²) >= 11 is 0. The van der Waals surface area contributed by atoms with E-state index < -0.39 is 16.1 Å². The lowest BCUT2D eigenvalue weighted by molar-refractivity contribution is 0.131. The van der Waals surface area contributed by atoms with Crippen LogP contribution in [0.1, 0.15) is 54.4 Å². The second-order valence-electron chi connectivity index (χ2n) is 7.34. The molecule has 0 radical (unpaired) electrons. The number of hydrogen-bond acceptors (Lipinski definition) is 5. The molecule has 5 nitrogen and oxygen atoms in total. The molecule has 0 unspecified atom stereocenters. The van der Waals surface area contributed by atoms with Crippen LogP contribution >= 0.6 is 7.82 Å². The smallest absolute Gasteiger partial charge is 0.417 e. The number of rotatable bonds is 12. The lowest BCUT2D eigenvalue weighted by Gasteiger charge is -2.36. The fraction of sp³-hybridized carbons (Fsp3) is 0.882. The quantitative estimate of drug-likeness (QED) is 0.182. The van der Waals surface area contributed by atoms with Crippen molar-refractivity contribution in [2.75, 3.05) is 26.4 Å². The normalized spacial score (nSPS) is 14.2. The number of phosphoric ester groups is 1. The highest BCUT2D eigenvalue weighted by molar-refractivity contribution is 7.48. The molecule has 0 aromatic heterocycles. The Labute approximate surface area is 149 Å². The predicted octanol–water partition coefficient (Wildman–Crippen LogP) is 5.93. The van der Waals surface area contributed by atoms with Gasteiger partial charge in [-0.25, -0.2) is 4.57 Å². The van der Waals surface area contributed by atoms with Gasteiger partial charge in [-0.05, 0) is 51.7 Å². The van der Waals surface area contributed by atoms with E-state index in [9.17, 15) is 4.57 Å². The van der Waals surface area contributed by atoms with Gasteiger partial charge in [0.25, 0.3) is 0 Å². The van der Waals surface area contributed by atoms with Crippen LogP contribution in [0.5, 0.6) is 0 Å². The first kappa shape index (κ1) is 24.0. The molecule has 7 heteroatoms. The molecule has 0 aliphatic heterocycles. The first-order chi connectivity index (χ1) is 11.0. The van der Waals surface area contributed by atoms with Crippen LogP contribution < -0.4 is 0 Å². The monoisotopic (exact) mass is 380 g/mol. The largest absolute Gasteiger partial charge is 0.475 e. The van der Waals surface area contributed by atoms with Crippen LogP contribution in [0, 0.1) is 0 Å². The first-order valence-corrected chi connectivity index (χ1v) is 13.2. The molecule has 0 aromatic rings. The van der Waals surface area contributed by atoms with Crippen molar-refractivity contribution in [3.8, 4) is 0 Å². The molecule has 0 fully saturated rings. The minimum Gasteiger partial charge on any atom is -0.417 e. The highest BCUT2D eigenvalue weighted by atomic mass is 31.2. The van der Waals surface area contributed by atoms with Gasteiger partial charge in [0.1, 0.15) is 0 Å². The van der Waals surface area contributed by atoms with E-state index in [2.05, 4.69) is 33.9 Å². The van der Waals surface area contributed by atoms with E-state index in [1.54, 1.807) is 13.8 Å². The third-order valence-corrected chi connectivity index (χ3v) is 10.4. The van der Waals surface area contributed by atoms with Gasteiger partial charge in [0, 0.05) is 6.61 Å². The average Bonchev–Trinajstić information content (AvgIpc) is 2.43. The average molecular weight is 381 g/mol. The topological polar surface area (TPSA) is 54.0 Å². The van der Waals surface area contributed by atoms with E-state index >= 15 is 0 Å². The van der Waals surface area contributed by atoms with Gasteiger partial charge in [0.05, 0.1) is 19.8 Å². The van der Waals surface area contributed by atoms with Gasteiger partial charge in [-0.2, -0.15) is 0 Å². The Balaban J connectivity index is 4.18. The third-order valence-electron chi connectivity index (χ3n) is 4.22. The molecule has 0 spiro atoms. The van der Waals surface area contributed by atoms with Crippen LogP contribution in [-0.4, -0.2) is 34.7 Å². The zero-order chi connectivity index (χ0) is 18.9. The zero-order valence-corrected chi connectivity index (χ0v) is 18.7. The minimum atomic E-state index is -3.41. The van der Waals surface area contributed by atoms with Crippen molar-refractivity contribution in [2.45, 2.75) is 72.5 Å². The maximum Gasteiger partial charge on any atom is 0.475 e. The second kappa shape index (κ2) is 10.9. The summed E-state index contributed by atoms with van der Waals surface area (Å²) in [6.45, 7) is 18.4. The van der Waals surface area contributed by atoms with E-state index in [4.69, 9.17) is 18.0 Å². The maximum absolute atomic E-state index is 12.1. The van der Waals surface area contributed by atoms with Gasteiger partial charge in [-0.15, -0.1) is 0 Å². The van der Waals surface area contributed by atoms with E-state index in [1.807, 2.05) is 13.0 Å². The SMILES string of the molecule is CCOP(=O)(OCC)OC/C=C(\C)CCCO[Si](C)(C)C(C)(C)C. The van der Waals surface area contributed by atoms with Gasteiger partial charge in [0.15, 0.2) is 8.32 Å². The van der Waals surface area contributed by atoms with Gasteiger partial charge < -0.3 is 4.43 Å². The molecule has 144 valence electrons. The summed E-state index contributed by atoms with van der Waals surface area (Å²) < 4.78 is 33.8. The Hall–Kier alpha value is 0.0269. The van der Waals surface area contributed by atoms with E-state index in [0.29, 0.717) is 13.2 Å². The molecule has 0 rings (SSSR count). The lowest BCUT2D eigenvalue weighted by Crippen LogP contribution is -2.40. The first-order valence-electron chi connectivity index (χ1n) is 8.80. The summed E-state index contributed by atoms with van der Waals surface area (Å²) in [4.78, 5) is 0. The van der Waals surface area contributed by atoms with E-state index in [0.717, 1.165) is 19.4 Å². The molecule has 24 heavy (non-hydrogen) atoms. The van der Waals surface area contributed by atoms with Crippen molar-refractivity contribution in [3.63, 3.8) is 0 Å². The van der Waals surface area contributed by atoms with Crippen molar-refractivity contribution in [2.24, 2.45) is 0 Å². The van der Waals surface area contributed by atoms with Crippen LogP contribution in [-0.2, 0) is 22.6 Å². The summed E-state index contributed by atoms with van der Waals surface area (Å²) in [6, 6.07) is 0. The molecule has 0 saturated carbocycles. The van der Waals surface area contributed by atoms with Gasteiger partial charge in [-0.3, -0.25) is 13.6 Å². The molecule has 0 N–H and O–H groups in total.